The second-order valence-electron chi connectivity index (χ2n) is 12.0. The Bertz CT molecular complexity index is 1050. The number of hydrogen-bond acceptors (Lipinski definition) is 10. The predicted octanol–water partition coefficient (Wildman–Crippen LogP) is 5.02. The van der Waals surface area contributed by atoms with Crippen molar-refractivity contribution in [2.75, 3.05) is 19.8 Å². The maximum Gasteiger partial charge on any atom is 0.511 e. The third kappa shape index (κ3) is 7.33. The van der Waals surface area contributed by atoms with Gasteiger partial charge in [-0.2, -0.15) is 0 Å². The van der Waals surface area contributed by atoms with Gasteiger partial charge in [0, 0.05) is 25.4 Å². The zero-order chi connectivity index (χ0) is 31.9. The summed E-state index contributed by atoms with van der Waals surface area (Å²) in [5, 5.41) is 2.44. The minimum Gasteiger partial charge on any atom is -0.459 e. The number of carbonyl (C=O) groups is 4. The van der Waals surface area contributed by atoms with Crippen LogP contribution in [-0.2, 0) is 38.0 Å². The first kappa shape index (κ1) is 34.3. The molecule has 0 aliphatic heterocycles. The molecule has 1 N–H and O–H groups in total. The van der Waals surface area contributed by atoms with Gasteiger partial charge in [-0.05, 0) is 43.4 Å². The van der Waals surface area contributed by atoms with Crippen LogP contribution in [0.4, 0.5) is 14.0 Å². The normalized spacial score (nSPS) is 33.4. The number of alkyl halides is 1. The van der Waals surface area contributed by atoms with Crippen molar-refractivity contribution in [1.82, 2.24) is 5.32 Å². The Morgan fingerprint density at radius 1 is 1.00 bits per heavy atom. The number of fused-ring (bicyclic) bond motifs is 1. The lowest BCUT2D eigenvalue weighted by molar-refractivity contribution is -0.186. The van der Waals surface area contributed by atoms with Gasteiger partial charge in [-0.1, -0.05) is 59.4 Å². The Labute approximate surface area is 252 Å². The Kier molecular flexibility index (Phi) is 11.6. The predicted molar refractivity (Wildman–Crippen MR) is 152 cm³/mol. The summed E-state index contributed by atoms with van der Waals surface area (Å²) in [6.07, 6.45) is 0.720. The molecule has 0 aromatic carbocycles. The number of rotatable bonds is 14. The number of ether oxygens (including phenoxy) is 6. The van der Waals surface area contributed by atoms with Crippen molar-refractivity contribution in [2.45, 2.75) is 96.4 Å². The molecule has 242 valence electrons. The Balaban J connectivity index is 1.83. The minimum absolute atomic E-state index is 0.0884. The van der Waals surface area contributed by atoms with Crippen LogP contribution >= 0.6 is 0 Å². The van der Waals surface area contributed by atoms with Crippen LogP contribution in [-0.4, -0.2) is 73.7 Å². The highest BCUT2D eigenvalue weighted by Crippen LogP contribution is 2.68. The number of alkyl carbamates (subject to hydrolysis) is 1. The molecule has 3 aliphatic carbocycles. The van der Waals surface area contributed by atoms with E-state index in [-0.39, 0.29) is 38.3 Å². The van der Waals surface area contributed by atoms with Gasteiger partial charge in [-0.3, -0.25) is 0 Å². The molecule has 9 atom stereocenters. The van der Waals surface area contributed by atoms with Gasteiger partial charge in [0.05, 0.1) is 6.10 Å². The molecule has 3 aliphatic rings. The van der Waals surface area contributed by atoms with E-state index in [2.05, 4.69) is 39.2 Å². The number of halogens is 1. The Hall–Kier alpha value is -3.15. The Morgan fingerprint density at radius 2 is 1.67 bits per heavy atom. The van der Waals surface area contributed by atoms with E-state index in [1.807, 2.05) is 6.92 Å². The first-order chi connectivity index (χ1) is 20.4. The summed E-state index contributed by atoms with van der Waals surface area (Å²) in [7, 11) is 0. The second kappa shape index (κ2) is 14.5. The zero-order valence-electron chi connectivity index (χ0n) is 25.8. The molecule has 11 nitrogen and oxygen atoms in total. The van der Waals surface area contributed by atoms with Gasteiger partial charge in [0.15, 0.2) is 5.54 Å². The van der Waals surface area contributed by atoms with E-state index in [0.717, 1.165) is 12.8 Å². The van der Waals surface area contributed by atoms with Crippen LogP contribution in [0.15, 0.2) is 25.3 Å². The van der Waals surface area contributed by atoms with Gasteiger partial charge in [0.25, 0.3) is 0 Å². The van der Waals surface area contributed by atoms with Gasteiger partial charge >= 0.3 is 24.2 Å². The second-order valence-corrected chi connectivity index (χ2v) is 12.0. The van der Waals surface area contributed by atoms with Gasteiger partial charge in [-0.25, -0.2) is 23.6 Å². The lowest BCUT2D eigenvalue weighted by Gasteiger charge is -2.38. The van der Waals surface area contributed by atoms with Gasteiger partial charge in [0.2, 0.25) is 12.0 Å². The molecule has 0 radical (unpaired) electrons. The van der Waals surface area contributed by atoms with E-state index in [1.165, 1.54) is 19.1 Å². The lowest BCUT2D eigenvalue weighted by atomic mass is 9.75. The quantitative estimate of drug-likeness (QED) is 0.123. The first-order valence-corrected chi connectivity index (χ1v) is 15.1. The van der Waals surface area contributed by atoms with Gasteiger partial charge < -0.3 is 33.7 Å². The molecule has 3 rings (SSSR count). The lowest BCUT2D eigenvalue weighted by Crippen LogP contribution is -2.65. The number of amides is 1. The first-order valence-electron chi connectivity index (χ1n) is 15.1. The smallest absolute Gasteiger partial charge is 0.459 e. The maximum atomic E-state index is 16.2. The van der Waals surface area contributed by atoms with E-state index >= 15 is 4.39 Å². The monoisotopic (exact) mass is 611 g/mol. The topological polar surface area (TPSA) is 136 Å². The zero-order valence-corrected chi connectivity index (χ0v) is 25.8. The van der Waals surface area contributed by atoms with Crippen molar-refractivity contribution < 1.29 is 52.0 Å². The van der Waals surface area contributed by atoms with Crippen molar-refractivity contribution in [1.29, 1.82) is 0 Å². The van der Waals surface area contributed by atoms with E-state index < -0.39 is 59.6 Å². The molecule has 3 fully saturated rings. The molecule has 0 heterocycles. The summed E-state index contributed by atoms with van der Waals surface area (Å²) in [5.41, 5.74) is -4.80. The van der Waals surface area contributed by atoms with Crippen LogP contribution in [0.2, 0.25) is 0 Å². The molecule has 12 heteroatoms. The molecule has 0 aromatic rings. The largest absolute Gasteiger partial charge is 0.511 e. The number of nitrogens with one attached hydrogen (secondary N) is 1. The van der Waals surface area contributed by atoms with Crippen LogP contribution < -0.4 is 5.32 Å². The summed E-state index contributed by atoms with van der Waals surface area (Å²) < 4.78 is 48.6. The maximum absolute atomic E-state index is 16.2. The van der Waals surface area contributed by atoms with Crippen molar-refractivity contribution in [3.8, 4) is 0 Å². The standard InChI is InChI=1S/C31H46FNO10/c1-8-13-38-24-17-22-25(30(22,32)26(34)39-14-9-2)31(24,33-28(36)40-15-10-3)27(35)41-20(7)42-29(37)43-23-16-19(6)11-12-21(23)18(4)5/h9-10,18-25H,2-3,8,11-17H2,1,4-7H3,(H,33,36)/t19-,20?,21+,22+,23-,24+,25-,30+,31-/m0/s1. The number of carbonyl (C=O) groups excluding carboxylic acids is 4. The third-order valence-corrected chi connectivity index (χ3v) is 8.64. The van der Waals surface area contributed by atoms with Crippen LogP contribution in [0, 0.1) is 29.6 Å². The molecule has 0 bridgehead atoms. The third-order valence-electron chi connectivity index (χ3n) is 8.64. The summed E-state index contributed by atoms with van der Waals surface area (Å²) in [4.78, 5) is 52.2. The molecule has 1 amide bonds. The molecular weight excluding hydrogens is 565 g/mol. The average Bonchev–Trinajstić information content (AvgIpc) is 3.39. The number of esters is 2. The van der Waals surface area contributed by atoms with Crippen molar-refractivity contribution in [2.24, 2.45) is 29.6 Å². The van der Waals surface area contributed by atoms with Gasteiger partial charge in [0.1, 0.15) is 19.3 Å². The van der Waals surface area contributed by atoms with Gasteiger partial charge in [-0.15, -0.1) is 0 Å². The molecule has 0 spiro atoms. The molecule has 3 saturated carbocycles. The summed E-state index contributed by atoms with van der Waals surface area (Å²) in [5.74, 6) is -3.92. The minimum atomic E-state index is -2.60. The highest BCUT2D eigenvalue weighted by atomic mass is 19.1. The highest BCUT2D eigenvalue weighted by Gasteiger charge is 2.87. The van der Waals surface area contributed by atoms with E-state index in [1.54, 1.807) is 0 Å². The summed E-state index contributed by atoms with van der Waals surface area (Å²) in [6.45, 7) is 16.1. The fraction of sp³-hybridized carbons (Fsp3) is 0.742. The summed E-state index contributed by atoms with van der Waals surface area (Å²) in [6, 6.07) is 0. The van der Waals surface area contributed by atoms with Crippen LogP contribution in [0.25, 0.3) is 0 Å². The van der Waals surface area contributed by atoms with E-state index in [0.29, 0.717) is 24.7 Å². The SMILES string of the molecule is C=CCOC(=O)N[C@@]1(C(=O)OC(C)OC(=O)O[C@H]2C[C@@H](C)CC[C@@H]2C(C)C)[C@H](OCCC)C[C@@H]2[C@H]1[C@@]2(F)C(=O)OCC=C. The Morgan fingerprint density at radius 3 is 2.30 bits per heavy atom. The molecule has 0 aromatic heterocycles. The van der Waals surface area contributed by atoms with Crippen molar-refractivity contribution in [3.63, 3.8) is 0 Å². The van der Waals surface area contributed by atoms with Crippen LogP contribution in [0.1, 0.15) is 66.7 Å². The molecule has 43 heavy (non-hydrogen) atoms. The fourth-order valence-corrected chi connectivity index (χ4v) is 6.60. The van der Waals surface area contributed by atoms with E-state index in [9.17, 15) is 19.2 Å². The molecule has 0 saturated heterocycles. The summed E-state index contributed by atoms with van der Waals surface area (Å²) >= 11 is 0. The van der Waals surface area contributed by atoms with Crippen LogP contribution in [0.5, 0.6) is 0 Å². The van der Waals surface area contributed by atoms with Crippen molar-refractivity contribution in [3.05, 3.63) is 25.3 Å². The van der Waals surface area contributed by atoms with Crippen LogP contribution in [0.3, 0.4) is 0 Å². The average molecular weight is 612 g/mol. The van der Waals surface area contributed by atoms with Crippen molar-refractivity contribution >= 4 is 24.2 Å². The highest BCUT2D eigenvalue weighted by molar-refractivity contribution is 5.94. The fourth-order valence-electron chi connectivity index (χ4n) is 6.60. The molecule has 1 unspecified atom stereocenters. The van der Waals surface area contributed by atoms with E-state index in [4.69, 9.17) is 28.4 Å². The number of hydrogen-bond donors (Lipinski definition) is 1. The molecular formula is C31H46FNO10.